The normalized spacial score (nSPS) is 11.4. The molecule has 0 spiro atoms. The summed E-state index contributed by atoms with van der Waals surface area (Å²) in [5, 5.41) is 11.0. The minimum Gasteiger partial charge on any atom is -0.546 e. The van der Waals surface area contributed by atoms with Crippen LogP contribution >= 0.6 is 11.3 Å². The molecule has 3 rings (SSSR count). The zero-order valence-corrected chi connectivity index (χ0v) is 17.1. The van der Waals surface area contributed by atoms with E-state index < -0.39 is 11.6 Å². The van der Waals surface area contributed by atoms with Crippen LogP contribution < -0.4 is 19.5 Å². The minimum absolute atomic E-state index is 0.0435. The zero-order chi connectivity index (χ0) is 21.2. The van der Waals surface area contributed by atoms with Gasteiger partial charge >= 0.3 is 4.87 Å². The van der Waals surface area contributed by atoms with Gasteiger partial charge in [-0.1, -0.05) is 11.3 Å². The number of Topliss-reactive ketones (excluding diaryl/α,β-unsaturated/α-hetero) is 1. The number of benzene rings is 2. The molecule has 1 aromatic heterocycles. The molecule has 152 valence electrons. The molecule has 29 heavy (non-hydrogen) atoms. The third-order valence-corrected chi connectivity index (χ3v) is 5.29. The van der Waals surface area contributed by atoms with E-state index in [1.165, 1.54) is 20.8 Å². The van der Waals surface area contributed by atoms with Crippen LogP contribution in [0.25, 0.3) is 10.2 Å². The summed E-state index contributed by atoms with van der Waals surface area (Å²) in [6.07, 6.45) is 0. The van der Waals surface area contributed by atoms with Crippen LogP contribution in [0, 0.1) is 0 Å². The Morgan fingerprint density at radius 1 is 1.10 bits per heavy atom. The monoisotopic (exact) mass is 414 g/mol. The molecule has 0 radical (unpaired) electrons. The van der Waals surface area contributed by atoms with Crippen molar-refractivity contribution in [3.8, 4) is 11.5 Å². The standard InChI is InChI=1S/C21H21NO6S/c1-13(23)14-4-9-17-18(12-14)29-20(26)22(17)10-11-27-15-5-7-16(8-6-15)28-21(2,3)19(24)25/h4-9,12H,10-11H2,1-3H3,(H,24,25)/p-1. The first kappa shape index (κ1) is 20.6. The van der Waals surface area contributed by atoms with Gasteiger partial charge in [0.1, 0.15) is 23.7 Å². The Morgan fingerprint density at radius 2 is 1.76 bits per heavy atom. The Hall–Kier alpha value is -3.13. The molecule has 3 aromatic rings. The van der Waals surface area contributed by atoms with Gasteiger partial charge in [-0.2, -0.15) is 0 Å². The number of carboxylic acid groups (broad SMARTS) is 1. The summed E-state index contributed by atoms with van der Waals surface area (Å²) >= 11 is 1.10. The number of fused-ring (bicyclic) bond motifs is 1. The molecule has 0 bridgehead atoms. The molecule has 0 unspecified atom stereocenters. The lowest BCUT2D eigenvalue weighted by atomic mass is 10.1. The molecule has 1 heterocycles. The molecule has 8 heteroatoms. The van der Waals surface area contributed by atoms with Crippen molar-refractivity contribution in [1.82, 2.24) is 4.57 Å². The lowest BCUT2D eigenvalue weighted by molar-refractivity contribution is -0.320. The second-order valence-electron chi connectivity index (χ2n) is 6.98. The molecule has 0 amide bonds. The van der Waals surface area contributed by atoms with Gasteiger partial charge in [0.2, 0.25) is 0 Å². The first-order valence-electron chi connectivity index (χ1n) is 8.95. The summed E-state index contributed by atoms with van der Waals surface area (Å²) in [4.78, 5) is 34.7. The minimum atomic E-state index is -1.44. The number of aliphatic carboxylic acids is 1. The molecule has 0 N–H and O–H groups in total. The number of thiazole rings is 1. The third-order valence-electron chi connectivity index (χ3n) is 4.35. The van der Waals surface area contributed by atoms with E-state index in [1.807, 2.05) is 0 Å². The predicted molar refractivity (Wildman–Crippen MR) is 108 cm³/mol. The molecule has 0 saturated heterocycles. The highest BCUT2D eigenvalue weighted by Gasteiger charge is 2.21. The predicted octanol–water partition coefficient (Wildman–Crippen LogP) is 2.25. The third kappa shape index (κ3) is 4.65. The highest BCUT2D eigenvalue weighted by atomic mass is 32.1. The number of aromatic nitrogens is 1. The lowest BCUT2D eigenvalue weighted by Crippen LogP contribution is -2.47. The number of ketones is 1. The van der Waals surface area contributed by atoms with Gasteiger partial charge in [-0.05, 0) is 63.2 Å². The van der Waals surface area contributed by atoms with E-state index in [2.05, 4.69) is 0 Å². The van der Waals surface area contributed by atoms with Crippen LogP contribution in [0.1, 0.15) is 31.1 Å². The van der Waals surface area contributed by atoms with Gasteiger partial charge in [0.15, 0.2) is 5.78 Å². The Kier molecular flexibility index (Phi) is 5.74. The largest absolute Gasteiger partial charge is 0.546 e. The number of carbonyl (C=O) groups excluding carboxylic acids is 2. The molecule has 0 saturated carbocycles. The maximum Gasteiger partial charge on any atom is 0.308 e. The second-order valence-corrected chi connectivity index (χ2v) is 7.97. The lowest BCUT2D eigenvalue weighted by Gasteiger charge is -2.27. The van der Waals surface area contributed by atoms with Gasteiger partial charge in [-0.3, -0.25) is 14.2 Å². The van der Waals surface area contributed by atoms with Crippen molar-refractivity contribution >= 4 is 33.3 Å². The average molecular weight is 414 g/mol. The summed E-state index contributed by atoms with van der Waals surface area (Å²) in [5.74, 6) is -0.400. The van der Waals surface area contributed by atoms with Gasteiger partial charge in [-0.25, -0.2) is 0 Å². The molecule has 0 fully saturated rings. The van der Waals surface area contributed by atoms with E-state index in [4.69, 9.17) is 9.47 Å². The van der Waals surface area contributed by atoms with Crippen LogP contribution in [0.15, 0.2) is 47.3 Å². The van der Waals surface area contributed by atoms with Crippen molar-refractivity contribution in [1.29, 1.82) is 0 Å². The number of carboxylic acids is 1. The summed E-state index contributed by atoms with van der Waals surface area (Å²) in [7, 11) is 0. The molecule has 0 aliphatic heterocycles. The topological polar surface area (TPSA) is 97.7 Å². The van der Waals surface area contributed by atoms with E-state index in [9.17, 15) is 19.5 Å². The first-order valence-corrected chi connectivity index (χ1v) is 9.77. The Balaban J connectivity index is 1.64. The molecular formula is C21H20NO6S-. The highest BCUT2D eigenvalue weighted by Crippen LogP contribution is 2.22. The van der Waals surface area contributed by atoms with Crippen LogP contribution in [0.2, 0.25) is 0 Å². The van der Waals surface area contributed by atoms with Crippen molar-refractivity contribution in [2.75, 3.05) is 6.61 Å². The number of hydrogen-bond acceptors (Lipinski definition) is 7. The summed E-state index contributed by atoms with van der Waals surface area (Å²) < 4.78 is 13.4. The average Bonchev–Trinajstić information content (AvgIpc) is 2.97. The van der Waals surface area contributed by atoms with Crippen LogP contribution in [-0.2, 0) is 11.3 Å². The van der Waals surface area contributed by atoms with E-state index >= 15 is 0 Å². The van der Waals surface area contributed by atoms with Crippen molar-refractivity contribution in [2.24, 2.45) is 0 Å². The summed E-state index contributed by atoms with van der Waals surface area (Å²) in [6, 6.07) is 11.7. The first-order chi connectivity index (χ1) is 13.7. The smallest absolute Gasteiger partial charge is 0.308 e. The van der Waals surface area contributed by atoms with Gasteiger partial charge < -0.3 is 19.4 Å². The summed E-state index contributed by atoms with van der Waals surface area (Å²) in [6.45, 7) is 4.94. The van der Waals surface area contributed by atoms with E-state index in [1.54, 1.807) is 47.0 Å². The van der Waals surface area contributed by atoms with Gasteiger partial charge in [0, 0.05) is 5.56 Å². The van der Waals surface area contributed by atoms with E-state index in [0.717, 1.165) is 21.6 Å². The number of ether oxygens (including phenoxy) is 2. The fraction of sp³-hybridized carbons (Fsp3) is 0.286. The number of hydrogen-bond donors (Lipinski definition) is 0. The fourth-order valence-corrected chi connectivity index (χ4v) is 3.65. The maximum absolute atomic E-state index is 12.3. The van der Waals surface area contributed by atoms with Crippen molar-refractivity contribution < 1.29 is 24.2 Å². The second kappa shape index (κ2) is 8.08. The molecule has 0 aliphatic carbocycles. The fourth-order valence-electron chi connectivity index (χ4n) is 2.69. The molecule has 0 aliphatic rings. The maximum atomic E-state index is 12.3. The number of rotatable bonds is 8. The molecule has 2 aromatic carbocycles. The highest BCUT2D eigenvalue weighted by molar-refractivity contribution is 7.16. The Labute approximate surface area is 171 Å². The summed E-state index contributed by atoms with van der Waals surface area (Å²) in [5.41, 5.74) is -0.0978. The van der Waals surface area contributed by atoms with Crippen molar-refractivity contribution in [2.45, 2.75) is 32.9 Å². The van der Waals surface area contributed by atoms with E-state index in [-0.39, 0.29) is 17.3 Å². The van der Waals surface area contributed by atoms with Crippen LogP contribution in [-0.4, -0.2) is 28.5 Å². The van der Waals surface area contributed by atoms with Gasteiger partial charge in [-0.15, -0.1) is 0 Å². The quantitative estimate of drug-likeness (QED) is 0.525. The number of nitrogens with zero attached hydrogens (tertiary/aromatic N) is 1. The van der Waals surface area contributed by atoms with Crippen molar-refractivity contribution in [3.05, 3.63) is 57.7 Å². The Morgan fingerprint density at radius 3 is 2.38 bits per heavy atom. The Bertz CT molecular complexity index is 1110. The van der Waals surface area contributed by atoms with Crippen LogP contribution in [0.5, 0.6) is 11.5 Å². The van der Waals surface area contributed by atoms with Gasteiger partial charge in [0.05, 0.1) is 22.7 Å². The molecule has 0 atom stereocenters. The van der Waals surface area contributed by atoms with Gasteiger partial charge in [0.25, 0.3) is 0 Å². The van der Waals surface area contributed by atoms with Crippen LogP contribution in [0.3, 0.4) is 0 Å². The SMILES string of the molecule is CC(=O)c1ccc2c(c1)sc(=O)n2CCOc1ccc(OC(C)(C)C(=O)[O-])cc1. The van der Waals surface area contributed by atoms with E-state index in [0.29, 0.717) is 23.6 Å². The van der Waals surface area contributed by atoms with Crippen molar-refractivity contribution in [3.63, 3.8) is 0 Å². The van der Waals surface area contributed by atoms with Crippen LogP contribution in [0.4, 0.5) is 0 Å². The molecular weight excluding hydrogens is 394 g/mol. The molecule has 7 nitrogen and oxygen atoms in total. The zero-order valence-electron chi connectivity index (χ0n) is 16.3. The number of carbonyl (C=O) groups is 2.